The molecule has 0 saturated heterocycles. The van der Waals surface area contributed by atoms with Crippen LogP contribution in [0.15, 0.2) is 0 Å². The number of hydrogen-bond acceptors (Lipinski definition) is 3. The molecule has 1 aliphatic rings. The van der Waals surface area contributed by atoms with Crippen LogP contribution in [0, 0.1) is 11.8 Å². The van der Waals surface area contributed by atoms with Crippen molar-refractivity contribution in [2.45, 2.75) is 65.5 Å². The van der Waals surface area contributed by atoms with Gasteiger partial charge in [-0.15, -0.1) is 0 Å². The lowest BCUT2D eigenvalue weighted by atomic mass is 9.93. The van der Waals surface area contributed by atoms with E-state index in [0.717, 1.165) is 25.7 Å². The number of Topliss-reactive ketones (excluding diaryl/α,β-unsaturated/α-hetero) is 1. The average molecular weight is 255 g/mol. The predicted octanol–water partition coefficient (Wildman–Crippen LogP) is 2.90. The molecule has 18 heavy (non-hydrogen) atoms. The van der Waals surface area contributed by atoms with Crippen LogP contribution in [0.1, 0.15) is 53.4 Å². The Labute approximate surface area is 109 Å². The van der Waals surface area contributed by atoms with Crippen molar-refractivity contribution < 1.29 is 14.3 Å². The molecule has 1 aliphatic carbocycles. The van der Waals surface area contributed by atoms with Gasteiger partial charge in [-0.1, -0.05) is 27.7 Å². The van der Waals surface area contributed by atoms with Crippen LogP contribution in [-0.4, -0.2) is 24.0 Å². The first-order chi connectivity index (χ1) is 8.41. The van der Waals surface area contributed by atoms with Gasteiger partial charge in [0.2, 0.25) is 0 Å². The van der Waals surface area contributed by atoms with Gasteiger partial charge in [-0.3, -0.25) is 4.79 Å². The number of amides is 1. The molecule has 1 N–H and O–H groups in total. The first kappa shape index (κ1) is 15.0. The summed E-state index contributed by atoms with van der Waals surface area (Å²) in [5.74, 6) is 0.0635. The quantitative estimate of drug-likeness (QED) is 0.821. The smallest absolute Gasteiger partial charge is 0.408 e. The Kier molecular flexibility index (Phi) is 5.63. The molecule has 4 nitrogen and oxygen atoms in total. The predicted molar refractivity (Wildman–Crippen MR) is 70.3 cm³/mol. The molecular weight excluding hydrogens is 230 g/mol. The molecule has 104 valence electrons. The van der Waals surface area contributed by atoms with Gasteiger partial charge < -0.3 is 10.1 Å². The number of ether oxygens (including phenoxy) is 1. The van der Waals surface area contributed by atoms with Crippen LogP contribution in [0.25, 0.3) is 0 Å². The van der Waals surface area contributed by atoms with E-state index in [9.17, 15) is 9.59 Å². The minimum Gasteiger partial charge on any atom is -0.446 e. The Morgan fingerprint density at radius 1 is 1.11 bits per heavy atom. The second-order valence-corrected chi connectivity index (χ2v) is 5.73. The maximum absolute atomic E-state index is 12.0. The van der Waals surface area contributed by atoms with Crippen LogP contribution in [0.5, 0.6) is 0 Å². The summed E-state index contributed by atoms with van der Waals surface area (Å²) in [6.07, 6.45) is 3.71. The van der Waals surface area contributed by atoms with Gasteiger partial charge in [0.15, 0.2) is 5.78 Å². The molecule has 1 rings (SSSR count). The largest absolute Gasteiger partial charge is 0.446 e. The summed E-state index contributed by atoms with van der Waals surface area (Å²) in [5.41, 5.74) is 0. The highest BCUT2D eigenvalue weighted by molar-refractivity contribution is 5.89. The van der Waals surface area contributed by atoms with Crippen molar-refractivity contribution in [3.63, 3.8) is 0 Å². The summed E-state index contributed by atoms with van der Waals surface area (Å²) < 4.78 is 5.32. The Morgan fingerprint density at radius 3 is 2.11 bits per heavy atom. The molecule has 1 amide bonds. The minimum atomic E-state index is -0.449. The molecule has 0 aromatic carbocycles. The first-order valence-electron chi connectivity index (χ1n) is 6.92. The van der Waals surface area contributed by atoms with Gasteiger partial charge in [0.05, 0.1) is 6.04 Å². The number of hydrogen-bond donors (Lipinski definition) is 1. The summed E-state index contributed by atoms with van der Waals surface area (Å²) in [6.45, 7) is 7.56. The van der Waals surface area contributed by atoms with Crippen molar-refractivity contribution >= 4 is 11.9 Å². The summed E-state index contributed by atoms with van der Waals surface area (Å²) in [5, 5.41) is 2.71. The van der Waals surface area contributed by atoms with Crippen molar-refractivity contribution in [3.05, 3.63) is 0 Å². The standard InChI is InChI=1S/C14H25NO3/c1-9(2)12(13(16)10(3)4)15-14(17)18-11-7-5-6-8-11/h9-12H,5-8H2,1-4H3,(H,15,17). The summed E-state index contributed by atoms with van der Waals surface area (Å²) in [6, 6.07) is -0.445. The number of carbonyl (C=O) groups is 2. The van der Waals surface area contributed by atoms with Crippen LogP contribution in [0.2, 0.25) is 0 Å². The highest BCUT2D eigenvalue weighted by Gasteiger charge is 2.28. The van der Waals surface area contributed by atoms with E-state index in [1.807, 2.05) is 27.7 Å². The van der Waals surface area contributed by atoms with Gasteiger partial charge in [-0.25, -0.2) is 4.79 Å². The third-order valence-corrected chi connectivity index (χ3v) is 3.39. The van der Waals surface area contributed by atoms with Gasteiger partial charge in [0.25, 0.3) is 0 Å². The second kappa shape index (κ2) is 6.76. The van der Waals surface area contributed by atoms with Gasteiger partial charge in [-0.2, -0.15) is 0 Å². The molecule has 0 aromatic heterocycles. The summed E-state index contributed by atoms with van der Waals surface area (Å²) in [7, 11) is 0. The Balaban J connectivity index is 2.49. The molecule has 0 aromatic rings. The number of rotatable bonds is 5. The number of ketones is 1. The zero-order chi connectivity index (χ0) is 13.7. The lowest BCUT2D eigenvalue weighted by Crippen LogP contribution is -2.46. The summed E-state index contributed by atoms with van der Waals surface area (Å²) in [4.78, 5) is 23.7. The van der Waals surface area contributed by atoms with E-state index in [1.165, 1.54) is 0 Å². The van der Waals surface area contributed by atoms with E-state index < -0.39 is 12.1 Å². The highest BCUT2D eigenvalue weighted by Crippen LogP contribution is 2.21. The minimum absolute atomic E-state index is 0.0342. The molecule has 0 aliphatic heterocycles. The fourth-order valence-corrected chi connectivity index (χ4v) is 2.24. The van der Waals surface area contributed by atoms with E-state index in [1.54, 1.807) is 0 Å². The Bertz CT molecular complexity index is 293. The van der Waals surface area contributed by atoms with Crippen molar-refractivity contribution in [1.29, 1.82) is 0 Å². The number of nitrogens with one attached hydrogen (secondary N) is 1. The van der Waals surface area contributed by atoms with Crippen LogP contribution in [0.4, 0.5) is 4.79 Å². The number of alkyl carbamates (subject to hydrolysis) is 1. The van der Waals surface area contributed by atoms with E-state index in [4.69, 9.17) is 4.74 Å². The molecular formula is C14H25NO3. The van der Waals surface area contributed by atoms with E-state index in [0.29, 0.717) is 0 Å². The van der Waals surface area contributed by atoms with Crippen LogP contribution in [-0.2, 0) is 9.53 Å². The monoisotopic (exact) mass is 255 g/mol. The normalized spacial score (nSPS) is 18.1. The van der Waals surface area contributed by atoms with E-state index >= 15 is 0 Å². The fraction of sp³-hybridized carbons (Fsp3) is 0.857. The highest BCUT2D eigenvalue weighted by atomic mass is 16.6. The molecule has 0 bridgehead atoms. The zero-order valence-electron chi connectivity index (χ0n) is 11.9. The maximum atomic E-state index is 12.0. The lowest BCUT2D eigenvalue weighted by Gasteiger charge is -2.23. The van der Waals surface area contributed by atoms with Gasteiger partial charge >= 0.3 is 6.09 Å². The van der Waals surface area contributed by atoms with Crippen molar-refractivity contribution in [2.24, 2.45) is 11.8 Å². The van der Waals surface area contributed by atoms with Crippen molar-refractivity contribution in [1.82, 2.24) is 5.32 Å². The molecule has 1 fully saturated rings. The van der Waals surface area contributed by atoms with Crippen LogP contribution < -0.4 is 5.32 Å². The van der Waals surface area contributed by atoms with Gasteiger partial charge in [0, 0.05) is 5.92 Å². The average Bonchev–Trinajstić information content (AvgIpc) is 2.77. The van der Waals surface area contributed by atoms with Gasteiger partial charge in [0.1, 0.15) is 6.10 Å². The van der Waals surface area contributed by atoms with Crippen molar-refractivity contribution in [3.8, 4) is 0 Å². The fourth-order valence-electron chi connectivity index (χ4n) is 2.24. The number of carbonyl (C=O) groups excluding carboxylic acids is 2. The molecule has 0 radical (unpaired) electrons. The Morgan fingerprint density at radius 2 is 1.67 bits per heavy atom. The van der Waals surface area contributed by atoms with Crippen LogP contribution >= 0.6 is 0 Å². The van der Waals surface area contributed by atoms with Crippen molar-refractivity contribution in [2.75, 3.05) is 0 Å². The molecule has 1 saturated carbocycles. The van der Waals surface area contributed by atoms with E-state index in [-0.39, 0.29) is 23.7 Å². The zero-order valence-corrected chi connectivity index (χ0v) is 11.9. The SMILES string of the molecule is CC(C)C(=O)C(NC(=O)OC1CCCC1)C(C)C. The molecule has 0 spiro atoms. The molecule has 0 heterocycles. The lowest BCUT2D eigenvalue weighted by molar-refractivity contribution is -0.124. The molecule has 4 heteroatoms. The van der Waals surface area contributed by atoms with Gasteiger partial charge in [-0.05, 0) is 31.6 Å². The second-order valence-electron chi connectivity index (χ2n) is 5.73. The third-order valence-electron chi connectivity index (χ3n) is 3.39. The third kappa shape index (κ3) is 4.31. The molecule has 1 unspecified atom stereocenters. The maximum Gasteiger partial charge on any atom is 0.408 e. The molecule has 1 atom stereocenters. The first-order valence-corrected chi connectivity index (χ1v) is 6.92. The van der Waals surface area contributed by atoms with E-state index in [2.05, 4.69) is 5.32 Å². The topological polar surface area (TPSA) is 55.4 Å². The Hall–Kier alpha value is -1.06. The van der Waals surface area contributed by atoms with Crippen LogP contribution in [0.3, 0.4) is 0 Å². The summed E-state index contributed by atoms with van der Waals surface area (Å²) >= 11 is 0.